The second-order valence-electron chi connectivity index (χ2n) is 8.24. The molecule has 2 heterocycles. The summed E-state index contributed by atoms with van der Waals surface area (Å²) in [6, 6.07) is 3.81. The van der Waals surface area contributed by atoms with Crippen LogP contribution in [0.2, 0.25) is 0 Å². The number of nitrogens with zero attached hydrogens (tertiary/aromatic N) is 1. The lowest BCUT2D eigenvalue weighted by Gasteiger charge is -2.33. The molecule has 1 saturated heterocycles. The number of carbonyl (C=O) groups excluding carboxylic acids is 1. The monoisotopic (exact) mass is 610 g/mol. The Morgan fingerprint density at radius 2 is 1.76 bits per heavy atom. The summed E-state index contributed by atoms with van der Waals surface area (Å²) >= 11 is 8.98. The molecule has 1 aromatic rings. The molecule has 0 spiro atoms. The molecule has 0 saturated carbocycles. The molecule has 3 aliphatic rings. The highest BCUT2D eigenvalue weighted by Crippen LogP contribution is 2.44. The van der Waals surface area contributed by atoms with Crippen molar-refractivity contribution in [3.05, 3.63) is 67.1 Å². The van der Waals surface area contributed by atoms with Gasteiger partial charge in [-0.2, -0.15) is 0 Å². The number of aromatic hydroxyl groups is 1. The summed E-state index contributed by atoms with van der Waals surface area (Å²) in [6.07, 6.45) is 9.85. The van der Waals surface area contributed by atoms with E-state index in [1.54, 1.807) is 24.8 Å². The number of likely N-dealkylation sites (tertiary alicyclic amines) is 1. The van der Waals surface area contributed by atoms with E-state index in [1.807, 2.05) is 44.2 Å². The van der Waals surface area contributed by atoms with Gasteiger partial charge in [0.2, 0.25) is 5.91 Å². The van der Waals surface area contributed by atoms with E-state index < -0.39 is 0 Å². The summed E-state index contributed by atoms with van der Waals surface area (Å²) in [5.41, 5.74) is 6.43. The lowest BCUT2D eigenvalue weighted by atomic mass is 9.85. The summed E-state index contributed by atoms with van der Waals surface area (Å²) in [5, 5.41) is 13.7. The minimum absolute atomic E-state index is 0.132. The molecule has 34 heavy (non-hydrogen) atoms. The molecule has 1 unspecified atom stereocenters. The fraction of sp³-hybridized carbons (Fsp3) is 0.444. The molecule has 7 heteroatoms. The summed E-state index contributed by atoms with van der Waals surface area (Å²) in [7, 11) is 0. The molecule has 2 N–H and O–H groups in total. The van der Waals surface area contributed by atoms with Crippen LogP contribution in [0.3, 0.4) is 0 Å². The fourth-order valence-electron chi connectivity index (χ4n) is 4.37. The minimum atomic E-state index is 0.132. The molecule has 4 rings (SSSR count). The van der Waals surface area contributed by atoms with Crippen LogP contribution in [0, 0.1) is 0 Å². The van der Waals surface area contributed by atoms with Gasteiger partial charge >= 0.3 is 0 Å². The minimum Gasteiger partial charge on any atom is -0.508 e. The van der Waals surface area contributed by atoms with Crippen LogP contribution in [0.25, 0.3) is 5.57 Å². The highest BCUT2D eigenvalue weighted by Gasteiger charge is 2.32. The van der Waals surface area contributed by atoms with Crippen LogP contribution in [-0.2, 0) is 11.2 Å². The van der Waals surface area contributed by atoms with Gasteiger partial charge < -0.3 is 15.3 Å². The number of hydrogen-bond donors (Lipinski definition) is 2. The number of allylic oxidation sites excluding steroid dienone is 3. The molecule has 1 aliphatic carbocycles. The highest BCUT2D eigenvalue weighted by atomic mass is 79.9. The van der Waals surface area contributed by atoms with Crippen molar-refractivity contribution in [2.45, 2.75) is 59.4 Å². The topological polar surface area (TPSA) is 52.6 Å². The predicted octanol–water partition coefficient (Wildman–Crippen LogP) is 7.54. The first-order valence-electron chi connectivity index (χ1n) is 11.7. The number of piperidine rings is 1. The molecular weight excluding hydrogens is 576 g/mol. The first kappa shape index (κ1) is 28.8. The number of carbonyl (C=O) groups is 1. The second kappa shape index (κ2) is 13.6. The van der Waals surface area contributed by atoms with Crippen molar-refractivity contribution in [2.24, 2.45) is 0 Å². The number of phenolic OH excluding ortho intramolecular Hbond substituents is 1. The molecule has 186 valence electrons. The number of benzene rings is 1. The zero-order chi connectivity index (χ0) is 25.4. The first-order valence-corrected chi connectivity index (χ1v) is 14.5. The van der Waals surface area contributed by atoms with Crippen LogP contribution in [-0.4, -0.2) is 41.3 Å². The van der Waals surface area contributed by atoms with Gasteiger partial charge in [-0.05, 0) is 100 Å². The summed E-state index contributed by atoms with van der Waals surface area (Å²) < 4.78 is 1.99. The zero-order valence-corrected chi connectivity index (χ0v) is 24.8. The van der Waals surface area contributed by atoms with E-state index in [1.165, 1.54) is 32.8 Å². The Morgan fingerprint density at radius 3 is 2.32 bits per heavy atom. The van der Waals surface area contributed by atoms with Crippen LogP contribution < -0.4 is 5.32 Å². The molecule has 2 aliphatic heterocycles. The van der Waals surface area contributed by atoms with Crippen molar-refractivity contribution in [2.75, 3.05) is 19.3 Å². The van der Waals surface area contributed by atoms with Gasteiger partial charge in [-0.15, -0.1) is 11.8 Å². The van der Waals surface area contributed by atoms with E-state index in [0.29, 0.717) is 5.75 Å². The molecule has 1 amide bonds. The average molecular weight is 612 g/mol. The van der Waals surface area contributed by atoms with Gasteiger partial charge in [0.25, 0.3) is 0 Å². The van der Waals surface area contributed by atoms with Crippen molar-refractivity contribution in [1.29, 1.82) is 0 Å². The Labute approximate surface area is 225 Å². The van der Waals surface area contributed by atoms with Crippen LogP contribution >= 0.6 is 43.6 Å². The second-order valence-corrected chi connectivity index (χ2v) is 11.1. The first-order chi connectivity index (χ1) is 16.2. The van der Waals surface area contributed by atoms with Crippen LogP contribution in [0.5, 0.6) is 5.75 Å². The molecule has 1 aromatic carbocycles. The fourth-order valence-corrected chi connectivity index (χ4v) is 5.50. The molecule has 1 fully saturated rings. The zero-order valence-electron chi connectivity index (χ0n) is 20.8. The van der Waals surface area contributed by atoms with Crippen LogP contribution in [0.15, 0.2) is 56.0 Å². The standard InChI is InChI=1S/C21H22Br2N2O2.C4H8S.C2H6/c1-12(26)25-6-4-13(5-7-25)20-19-14(9-17(27)10-18(19)23)2-3-15-8-16(22)11-24-21(15)20;1-4(2)5-3;1-2/h8-11,21,24,27H,2-7H2,1H3;1H2,2-3H3;1-2H3. The number of rotatable bonds is 1. The molecule has 0 bridgehead atoms. The number of hydrogen-bond acceptors (Lipinski definition) is 4. The third-order valence-corrected chi connectivity index (χ3v) is 7.80. The van der Waals surface area contributed by atoms with Crippen LogP contribution in [0.1, 0.15) is 58.1 Å². The van der Waals surface area contributed by atoms with Crippen molar-refractivity contribution < 1.29 is 9.90 Å². The van der Waals surface area contributed by atoms with Gasteiger partial charge in [-0.1, -0.05) is 41.9 Å². The lowest BCUT2D eigenvalue weighted by Crippen LogP contribution is -2.36. The Morgan fingerprint density at radius 1 is 1.15 bits per heavy atom. The van der Waals surface area contributed by atoms with Crippen molar-refractivity contribution >= 4 is 55.1 Å². The van der Waals surface area contributed by atoms with E-state index in [-0.39, 0.29) is 11.9 Å². The van der Waals surface area contributed by atoms with Gasteiger partial charge in [-0.25, -0.2) is 0 Å². The smallest absolute Gasteiger partial charge is 0.219 e. The van der Waals surface area contributed by atoms with E-state index in [9.17, 15) is 9.90 Å². The number of thioether (sulfide) groups is 1. The summed E-state index contributed by atoms with van der Waals surface area (Å²) in [4.78, 5) is 14.8. The Balaban J connectivity index is 0.000000520. The normalized spacial score (nSPS) is 18.9. The Kier molecular flexibility index (Phi) is 11.5. The molecule has 0 radical (unpaired) electrons. The number of fused-ring (bicyclic) bond motifs is 2. The summed E-state index contributed by atoms with van der Waals surface area (Å²) in [5.74, 6) is 0.442. The Hall–Kier alpha value is -1.44. The van der Waals surface area contributed by atoms with Crippen molar-refractivity contribution in [3.8, 4) is 5.75 Å². The van der Waals surface area contributed by atoms with Gasteiger partial charge in [0.15, 0.2) is 0 Å². The van der Waals surface area contributed by atoms with Gasteiger partial charge in [0.1, 0.15) is 5.75 Å². The quantitative estimate of drug-likeness (QED) is 0.344. The van der Waals surface area contributed by atoms with Crippen molar-refractivity contribution in [3.63, 3.8) is 0 Å². The maximum Gasteiger partial charge on any atom is 0.219 e. The highest BCUT2D eigenvalue weighted by molar-refractivity contribution is 9.12. The number of phenols is 1. The van der Waals surface area contributed by atoms with Gasteiger partial charge in [-0.3, -0.25) is 4.79 Å². The van der Waals surface area contributed by atoms with Crippen LogP contribution in [0.4, 0.5) is 0 Å². The average Bonchev–Trinajstić information content (AvgIpc) is 2.97. The van der Waals surface area contributed by atoms with E-state index in [2.05, 4.69) is 49.8 Å². The molecular formula is C27H36Br2N2O2S. The molecule has 0 aromatic heterocycles. The number of aryl methyl sites for hydroxylation is 1. The molecule has 1 atom stereocenters. The third-order valence-electron chi connectivity index (χ3n) is 6.02. The van der Waals surface area contributed by atoms with Gasteiger partial charge in [0, 0.05) is 35.2 Å². The Bertz CT molecular complexity index is 1000. The largest absolute Gasteiger partial charge is 0.508 e. The van der Waals surface area contributed by atoms with Crippen molar-refractivity contribution in [1.82, 2.24) is 10.2 Å². The number of nitrogens with one attached hydrogen (secondary N) is 1. The van der Waals surface area contributed by atoms with E-state index >= 15 is 0 Å². The summed E-state index contributed by atoms with van der Waals surface area (Å²) in [6.45, 7) is 12.8. The number of amides is 1. The maximum absolute atomic E-state index is 11.7. The van der Waals surface area contributed by atoms with E-state index in [0.717, 1.165) is 47.7 Å². The third kappa shape index (κ3) is 7.28. The number of halogens is 2. The van der Waals surface area contributed by atoms with E-state index in [4.69, 9.17) is 0 Å². The molecule has 4 nitrogen and oxygen atoms in total. The maximum atomic E-state index is 11.7. The van der Waals surface area contributed by atoms with Gasteiger partial charge in [0.05, 0.1) is 6.04 Å². The predicted molar refractivity (Wildman–Crippen MR) is 154 cm³/mol. The number of dihydropyridines is 1. The lowest BCUT2D eigenvalue weighted by molar-refractivity contribution is -0.129. The SMILES string of the molecule is C=C(C)SC.CC.CC(=O)N1CCC(=C2c3c(Br)cc(O)cc3CCC3=CC(Br)=CNC32)CC1.